The molecule has 2 aliphatic rings. The second kappa shape index (κ2) is 14.3. The molecule has 2 aromatic carbocycles. The van der Waals surface area contributed by atoms with Gasteiger partial charge in [-0.25, -0.2) is 0 Å². The van der Waals surface area contributed by atoms with Crippen LogP contribution >= 0.6 is 0 Å². The molecule has 2 fully saturated rings. The average Bonchev–Trinajstić information content (AvgIpc) is 3.02. The third kappa shape index (κ3) is 7.78. The number of aliphatic hydroxyl groups is 4. The van der Waals surface area contributed by atoms with Crippen molar-refractivity contribution in [1.29, 1.82) is 0 Å². The summed E-state index contributed by atoms with van der Waals surface area (Å²) in [5.41, 5.74) is 1.24. The van der Waals surface area contributed by atoms with Crippen LogP contribution < -0.4 is 15.8 Å². The van der Waals surface area contributed by atoms with Gasteiger partial charge in [-0.05, 0) is 79.6 Å². The summed E-state index contributed by atoms with van der Waals surface area (Å²) in [7, 11) is 5.51. The van der Waals surface area contributed by atoms with E-state index in [9.17, 15) is 30.0 Å². The molecule has 13 heteroatoms. The molecule has 0 saturated carbocycles. The topological polar surface area (TPSA) is 168 Å². The lowest BCUT2D eigenvalue weighted by Gasteiger charge is -2.48. The van der Waals surface area contributed by atoms with Gasteiger partial charge in [0, 0.05) is 67.9 Å². The lowest BCUT2D eigenvalue weighted by molar-refractivity contribution is -0.317. The molecule has 3 aromatic rings. The molecule has 0 atom stereocenters. The Morgan fingerprint density at radius 1 is 0.979 bits per heavy atom. The van der Waals surface area contributed by atoms with Gasteiger partial charge in [-0.2, -0.15) is 0 Å². The van der Waals surface area contributed by atoms with Gasteiger partial charge in [0.1, 0.15) is 0 Å². The van der Waals surface area contributed by atoms with Crippen LogP contribution in [0.3, 0.4) is 0 Å². The van der Waals surface area contributed by atoms with Gasteiger partial charge in [-0.3, -0.25) is 14.5 Å². The lowest BCUT2D eigenvalue weighted by atomic mass is 9.87. The number of carbonyl (C=O) groups is 1. The molecule has 250 valence electrons. The number of ether oxygens (including phenoxy) is 2. The Bertz CT molecular complexity index is 1620. The van der Waals surface area contributed by atoms with E-state index >= 15 is 0 Å². The van der Waals surface area contributed by atoms with Crippen molar-refractivity contribution in [3.8, 4) is 11.1 Å². The van der Waals surface area contributed by atoms with E-state index in [-0.39, 0.29) is 23.4 Å². The van der Waals surface area contributed by atoms with E-state index in [4.69, 9.17) is 17.3 Å². The van der Waals surface area contributed by atoms with Crippen LogP contribution in [0.1, 0.15) is 51.1 Å². The number of carbonyl (C=O) groups excluding carboxylic acids is 1. The third-order valence-electron chi connectivity index (χ3n) is 8.99. The summed E-state index contributed by atoms with van der Waals surface area (Å²) >= 11 is 0. The molecule has 2 saturated heterocycles. The molecule has 2 radical (unpaired) electrons. The highest BCUT2D eigenvalue weighted by Gasteiger charge is 2.51. The molecule has 5 rings (SSSR count). The zero-order chi connectivity index (χ0) is 33.9. The maximum atomic E-state index is 13.9. The third-order valence-corrected chi connectivity index (χ3v) is 8.99. The zero-order valence-electron chi connectivity index (χ0n) is 27.1. The van der Waals surface area contributed by atoms with Crippen LogP contribution in [0.2, 0.25) is 0 Å². The van der Waals surface area contributed by atoms with Gasteiger partial charge in [0.05, 0.1) is 13.2 Å². The highest BCUT2D eigenvalue weighted by atomic mass is 16.6. The quantitative estimate of drug-likeness (QED) is 0.139. The molecule has 3 heterocycles. The Labute approximate surface area is 275 Å². The molecular weight excluding hydrogens is 603 g/mol. The number of aromatic amines is 1. The first-order valence-corrected chi connectivity index (χ1v) is 15.8. The number of hydrogen-bond acceptors (Lipinski definition) is 10. The fourth-order valence-corrected chi connectivity index (χ4v) is 6.28. The molecule has 47 heavy (non-hydrogen) atoms. The van der Waals surface area contributed by atoms with Gasteiger partial charge in [0.25, 0.3) is 17.4 Å². The number of anilines is 1. The van der Waals surface area contributed by atoms with E-state index in [1.807, 2.05) is 30.3 Å². The molecule has 1 aromatic heterocycles. The Balaban J connectivity index is 1.57. The fraction of sp³-hybridized carbons (Fsp3) is 0.471. The van der Waals surface area contributed by atoms with Crippen LogP contribution in [0.25, 0.3) is 11.1 Å². The van der Waals surface area contributed by atoms with Crippen LogP contribution in [0.15, 0.2) is 47.3 Å². The van der Waals surface area contributed by atoms with E-state index in [0.717, 1.165) is 41.2 Å². The summed E-state index contributed by atoms with van der Waals surface area (Å²) in [6.07, 6.45) is 0.658. The molecule has 1 amide bonds. The standard InChI is InChI=1S/C34H43BN4O8/c1-21-16-22(2)37-32(41)29(21)19-36-31(40)28-17-26(25-6-4-24(5-7-25)20-38-10-14-47-15-11-38)18-30(23(28)3)39(27-8-12-46-13-9-27)34(44,45)33(35,42)43/h4-7,16-18,27,42-45H,8-15,19-20H2,1-3H3,(H,36,40)(H,37,41). The van der Waals surface area contributed by atoms with Gasteiger partial charge in [-0.15, -0.1) is 0 Å². The second-order valence-electron chi connectivity index (χ2n) is 12.5. The van der Waals surface area contributed by atoms with Crippen LogP contribution in [-0.4, -0.2) is 101 Å². The van der Waals surface area contributed by atoms with Crippen LogP contribution in [0, 0.1) is 20.8 Å². The predicted molar refractivity (Wildman–Crippen MR) is 177 cm³/mol. The number of aryl methyl sites for hydroxylation is 2. The molecule has 12 nitrogen and oxygen atoms in total. The Kier molecular flexibility index (Phi) is 10.6. The zero-order valence-corrected chi connectivity index (χ0v) is 27.1. The van der Waals surface area contributed by atoms with Crippen molar-refractivity contribution in [2.45, 2.75) is 64.3 Å². The van der Waals surface area contributed by atoms with Crippen molar-refractivity contribution in [2.24, 2.45) is 0 Å². The summed E-state index contributed by atoms with van der Waals surface area (Å²) in [5, 5.41) is 46.0. The van der Waals surface area contributed by atoms with Crippen molar-refractivity contribution in [3.63, 3.8) is 0 Å². The first-order chi connectivity index (χ1) is 22.3. The largest absolute Gasteiger partial charge is 0.381 e. The second-order valence-corrected chi connectivity index (χ2v) is 12.5. The molecular formula is C34H43BN4O8. The van der Waals surface area contributed by atoms with Crippen LogP contribution in [0.5, 0.6) is 0 Å². The lowest BCUT2D eigenvalue weighted by Crippen LogP contribution is -2.68. The molecule has 6 N–H and O–H groups in total. The summed E-state index contributed by atoms with van der Waals surface area (Å²) in [6, 6.07) is 12.4. The van der Waals surface area contributed by atoms with Crippen molar-refractivity contribution in [3.05, 3.63) is 86.3 Å². The van der Waals surface area contributed by atoms with Crippen molar-refractivity contribution >= 4 is 19.4 Å². The Morgan fingerprint density at radius 2 is 1.62 bits per heavy atom. The smallest absolute Gasteiger partial charge is 0.292 e. The number of pyridine rings is 1. The van der Waals surface area contributed by atoms with Gasteiger partial charge in [0.15, 0.2) is 13.5 Å². The van der Waals surface area contributed by atoms with E-state index in [2.05, 4.69) is 15.2 Å². The number of amides is 1. The minimum atomic E-state index is -3.44. The van der Waals surface area contributed by atoms with E-state index in [1.165, 1.54) is 0 Å². The summed E-state index contributed by atoms with van der Waals surface area (Å²) < 4.78 is 10.9. The highest BCUT2D eigenvalue weighted by molar-refractivity contribution is 6.14. The maximum absolute atomic E-state index is 13.9. The number of nitrogens with zero attached hydrogens (tertiary/aromatic N) is 2. The number of rotatable bonds is 10. The normalized spacial score (nSPS) is 16.7. The molecule has 0 aliphatic carbocycles. The van der Waals surface area contributed by atoms with Gasteiger partial charge in [0.2, 0.25) is 0 Å². The van der Waals surface area contributed by atoms with Crippen molar-refractivity contribution < 1.29 is 34.7 Å². The average molecular weight is 647 g/mol. The number of morpholine rings is 1. The van der Waals surface area contributed by atoms with Gasteiger partial charge in [-0.1, -0.05) is 24.3 Å². The first kappa shape index (κ1) is 34.8. The van der Waals surface area contributed by atoms with Gasteiger partial charge < -0.3 is 45.1 Å². The molecule has 0 unspecified atom stereocenters. The summed E-state index contributed by atoms with van der Waals surface area (Å²) in [6.45, 7) is 9.62. The number of aromatic nitrogens is 1. The Morgan fingerprint density at radius 3 is 2.23 bits per heavy atom. The van der Waals surface area contributed by atoms with Crippen molar-refractivity contribution in [1.82, 2.24) is 15.2 Å². The number of benzene rings is 2. The Hall–Kier alpha value is -3.56. The predicted octanol–water partition coefficient (Wildman–Crippen LogP) is 1.16. The minimum Gasteiger partial charge on any atom is -0.381 e. The molecule has 0 spiro atoms. The van der Waals surface area contributed by atoms with Gasteiger partial charge >= 0.3 is 0 Å². The van der Waals surface area contributed by atoms with Crippen LogP contribution in [-0.2, 0) is 22.6 Å². The van der Waals surface area contributed by atoms with Crippen molar-refractivity contribution in [2.75, 3.05) is 44.4 Å². The molecule has 2 aliphatic heterocycles. The monoisotopic (exact) mass is 646 g/mol. The van der Waals surface area contributed by atoms with E-state index < -0.39 is 23.5 Å². The first-order valence-electron chi connectivity index (χ1n) is 15.8. The maximum Gasteiger partial charge on any atom is 0.292 e. The summed E-state index contributed by atoms with van der Waals surface area (Å²) in [4.78, 5) is 32.6. The summed E-state index contributed by atoms with van der Waals surface area (Å²) in [5.74, 6) is -3.85. The number of hydrogen-bond donors (Lipinski definition) is 6. The van der Waals surface area contributed by atoms with E-state index in [1.54, 1.807) is 32.9 Å². The SMILES string of the molecule is [B]C(O)(O)C(O)(O)N(c1cc(-c2ccc(CN3CCOCC3)cc2)cc(C(=O)NCc2c(C)cc(C)[nH]c2=O)c1C)C1CCOCC1. The fourth-order valence-electron chi connectivity index (χ4n) is 6.28. The molecule has 0 bridgehead atoms. The van der Waals surface area contributed by atoms with E-state index in [0.29, 0.717) is 61.7 Å². The van der Waals surface area contributed by atoms with Crippen LogP contribution in [0.4, 0.5) is 5.69 Å². The minimum absolute atomic E-state index is 0.0394. The number of nitrogens with one attached hydrogen (secondary N) is 2. The number of H-pyrrole nitrogens is 1. The highest BCUT2D eigenvalue weighted by Crippen LogP contribution is 2.39.